The van der Waals surface area contributed by atoms with Crippen molar-refractivity contribution >= 4 is 17.7 Å². The normalized spacial score (nSPS) is 53.5. The zero-order valence-electron chi connectivity index (χ0n) is 16.4. The van der Waals surface area contributed by atoms with Gasteiger partial charge < -0.3 is 24.8 Å². The van der Waals surface area contributed by atoms with Gasteiger partial charge in [-0.2, -0.15) is 0 Å². The summed E-state index contributed by atoms with van der Waals surface area (Å²) in [5.74, 6) is -5.19. The lowest BCUT2D eigenvalue weighted by atomic mass is 9.53. The molecular weight excluding hydrogens is 368 g/mol. The van der Waals surface area contributed by atoms with Crippen LogP contribution in [0, 0.1) is 23.7 Å². The zero-order chi connectivity index (χ0) is 20.8. The molecule has 0 amide bonds. The van der Waals surface area contributed by atoms with E-state index in [9.17, 15) is 29.7 Å². The second-order valence-electron chi connectivity index (χ2n) is 9.34. The Morgan fingerprint density at radius 3 is 2.36 bits per heavy atom. The monoisotopic (exact) mass is 394 g/mol. The van der Waals surface area contributed by atoms with E-state index in [4.69, 9.17) is 9.47 Å². The summed E-state index contributed by atoms with van der Waals surface area (Å²) in [4.78, 5) is 38.5. The van der Waals surface area contributed by atoms with Gasteiger partial charge in [0.1, 0.15) is 23.1 Å². The number of fused-ring (bicyclic) bond motifs is 3. The standard InChI is InChI=1S/C20H26O8/c1-8-6-18(3,26)11(21)5-10-12(14(8)22)16(24)27-20-7-9(2)19(4,28-17(20)25)15(23)13(10)20/h8-10,13,15,22-23,26H,5-7H2,1-4H3/b14-12-/t8-,9-,10+,13-,15-,18-,19-,20-/m0/s1. The van der Waals surface area contributed by atoms with E-state index in [2.05, 4.69) is 0 Å². The van der Waals surface area contributed by atoms with E-state index in [0.29, 0.717) is 0 Å². The maximum absolute atomic E-state index is 12.9. The van der Waals surface area contributed by atoms with E-state index >= 15 is 0 Å². The van der Waals surface area contributed by atoms with Crippen LogP contribution in [0.5, 0.6) is 0 Å². The van der Waals surface area contributed by atoms with Crippen LogP contribution in [-0.4, -0.2) is 55.9 Å². The van der Waals surface area contributed by atoms with Gasteiger partial charge in [-0.3, -0.25) is 4.79 Å². The highest BCUT2D eigenvalue weighted by Gasteiger charge is 2.74. The number of Topliss-reactive ketones (excluding diaryl/α,β-unsaturated/α-hetero) is 1. The molecule has 0 unspecified atom stereocenters. The third kappa shape index (κ3) is 2.21. The van der Waals surface area contributed by atoms with Crippen LogP contribution in [-0.2, 0) is 23.9 Å². The number of aliphatic hydroxyl groups excluding tert-OH is 2. The lowest BCUT2D eigenvalue weighted by Gasteiger charge is -2.62. The Kier molecular flexibility index (Phi) is 3.86. The second kappa shape index (κ2) is 5.57. The first-order valence-corrected chi connectivity index (χ1v) is 9.68. The van der Waals surface area contributed by atoms with Crippen LogP contribution in [0.4, 0.5) is 0 Å². The summed E-state index contributed by atoms with van der Waals surface area (Å²) in [5, 5.41) is 32.5. The highest BCUT2D eigenvalue weighted by molar-refractivity contribution is 5.98. The van der Waals surface area contributed by atoms with Crippen molar-refractivity contribution in [3.63, 3.8) is 0 Å². The van der Waals surface area contributed by atoms with Gasteiger partial charge in [-0.1, -0.05) is 13.8 Å². The minimum absolute atomic E-state index is 0.0453. The number of ether oxygens (including phenoxy) is 2. The molecule has 28 heavy (non-hydrogen) atoms. The molecule has 4 fully saturated rings. The van der Waals surface area contributed by atoms with Gasteiger partial charge in [0.25, 0.3) is 0 Å². The van der Waals surface area contributed by atoms with E-state index in [1.54, 1.807) is 20.8 Å². The Bertz CT molecular complexity index is 813. The number of aliphatic hydroxyl groups is 3. The van der Waals surface area contributed by atoms with Gasteiger partial charge in [-0.15, -0.1) is 0 Å². The number of ketones is 1. The molecule has 5 rings (SSSR count). The third-order valence-corrected chi connectivity index (χ3v) is 7.46. The molecule has 0 aromatic carbocycles. The van der Waals surface area contributed by atoms with Gasteiger partial charge in [-0.25, -0.2) is 9.59 Å². The molecule has 1 saturated carbocycles. The lowest BCUT2D eigenvalue weighted by molar-refractivity contribution is -0.296. The second-order valence-corrected chi connectivity index (χ2v) is 9.34. The van der Waals surface area contributed by atoms with Crippen molar-refractivity contribution in [1.82, 2.24) is 0 Å². The summed E-state index contributed by atoms with van der Waals surface area (Å²) in [7, 11) is 0. The Balaban J connectivity index is 1.92. The Morgan fingerprint density at radius 1 is 1.07 bits per heavy atom. The predicted octanol–water partition coefficient (Wildman–Crippen LogP) is 0.793. The number of carbonyl (C=O) groups is 3. The zero-order valence-corrected chi connectivity index (χ0v) is 16.4. The third-order valence-electron chi connectivity index (χ3n) is 7.46. The number of hydrogen-bond acceptors (Lipinski definition) is 8. The van der Waals surface area contributed by atoms with Gasteiger partial charge in [-0.05, 0) is 20.3 Å². The largest absolute Gasteiger partial charge is 0.511 e. The fourth-order valence-corrected chi connectivity index (χ4v) is 5.63. The van der Waals surface area contributed by atoms with Gasteiger partial charge >= 0.3 is 11.9 Å². The van der Waals surface area contributed by atoms with Crippen LogP contribution in [0.3, 0.4) is 0 Å². The molecule has 2 aliphatic carbocycles. The quantitative estimate of drug-likeness (QED) is 0.514. The van der Waals surface area contributed by atoms with Gasteiger partial charge in [0.2, 0.25) is 5.60 Å². The van der Waals surface area contributed by atoms with E-state index in [-0.39, 0.29) is 36.5 Å². The molecule has 8 nitrogen and oxygen atoms in total. The molecule has 5 aliphatic rings. The summed E-state index contributed by atoms with van der Waals surface area (Å²) in [6.45, 7) is 6.42. The Hall–Kier alpha value is -1.93. The Labute approximate surface area is 162 Å². The predicted molar refractivity (Wildman–Crippen MR) is 93.8 cm³/mol. The first-order chi connectivity index (χ1) is 12.8. The average molecular weight is 394 g/mol. The molecule has 8 atom stereocenters. The first kappa shape index (κ1) is 19.4. The highest BCUT2D eigenvalue weighted by Crippen LogP contribution is 2.59. The average Bonchev–Trinajstić information content (AvgIpc) is 2.57. The molecular formula is C20H26O8. The number of carbonyl (C=O) groups excluding carboxylic acids is 3. The van der Waals surface area contributed by atoms with Crippen molar-refractivity contribution in [2.45, 2.75) is 69.9 Å². The molecule has 0 radical (unpaired) electrons. The van der Waals surface area contributed by atoms with E-state index in [1.165, 1.54) is 6.92 Å². The maximum atomic E-state index is 12.9. The molecule has 0 aromatic rings. The number of rotatable bonds is 0. The highest BCUT2D eigenvalue weighted by atomic mass is 16.6. The maximum Gasteiger partial charge on any atom is 0.351 e. The van der Waals surface area contributed by atoms with Gasteiger partial charge in [0, 0.05) is 36.5 Å². The summed E-state index contributed by atoms with van der Waals surface area (Å²) >= 11 is 0. The van der Waals surface area contributed by atoms with Crippen molar-refractivity contribution < 1.29 is 39.2 Å². The van der Waals surface area contributed by atoms with Crippen LogP contribution in [0.1, 0.15) is 47.0 Å². The smallest absolute Gasteiger partial charge is 0.351 e. The molecule has 3 N–H and O–H groups in total. The summed E-state index contributed by atoms with van der Waals surface area (Å²) in [5.41, 5.74) is -4.66. The van der Waals surface area contributed by atoms with Crippen LogP contribution in [0.15, 0.2) is 11.3 Å². The van der Waals surface area contributed by atoms with E-state index in [0.717, 1.165) is 0 Å². The summed E-state index contributed by atoms with van der Waals surface area (Å²) in [6, 6.07) is 0. The molecule has 3 saturated heterocycles. The fourth-order valence-electron chi connectivity index (χ4n) is 5.63. The van der Waals surface area contributed by atoms with Crippen molar-refractivity contribution in [2.75, 3.05) is 0 Å². The van der Waals surface area contributed by atoms with Crippen LogP contribution in [0.25, 0.3) is 0 Å². The van der Waals surface area contributed by atoms with Gasteiger partial charge in [0.05, 0.1) is 5.57 Å². The SMILES string of the molecule is C[C@H]1C[C@](C)(O)C(=O)C[C@@H]2/C(=C\1O)C(=O)O[C@]13C[C@H](C)[C@](C)(OC1=O)[C@@H](O)[C@H]23. The topological polar surface area (TPSA) is 130 Å². The first-order valence-electron chi connectivity index (χ1n) is 9.68. The van der Waals surface area contributed by atoms with Crippen LogP contribution < -0.4 is 0 Å². The summed E-state index contributed by atoms with van der Waals surface area (Å²) < 4.78 is 11.0. The molecule has 3 aliphatic heterocycles. The molecule has 2 bridgehead atoms. The van der Waals surface area contributed by atoms with Crippen molar-refractivity contribution in [2.24, 2.45) is 23.7 Å². The molecule has 154 valence electrons. The van der Waals surface area contributed by atoms with Gasteiger partial charge in [0.15, 0.2) is 5.78 Å². The Morgan fingerprint density at radius 2 is 1.71 bits per heavy atom. The minimum Gasteiger partial charge on any atom is -0.511 e. The molecule has 3 heterocycles. The molecule has 0 aromatic heterocycles. The lowest BCUT2D eigenvalue weighted by Crippen LogP contribution is -2.77. The minimum atomic E-state index is -1.70. The van der Waals surface area contributed by atoms with Crippen LogP contribution >= 0.6 is 0 Å². The van der Waals surface area contributed by atoms with Crippen LogP contribution in [0.2, 0.25) is 0 Å². The van der Waals surface area contributed by atoms with E-state index < -0.39 is 58.4 Å². The number of esters is 2. The van der Waals surface area contributed by atoms with E-state index in [1.807, 2.05) is 0 Å². The van der Waals surface area contributed by atoms with Crippen molar-refractivity contribution in [3.05, 3.63) is 11.3 Å². The van der Waals surface area contributed by atoms with Crippen molar-refractivity contribution in [1.29, 1.82) is 0 Å². The fraction of sp³-hybridized carbons (Fsp3) is 0.750. The molecule has 8 heteroatoms. The number of allylic oxidation sites excluding steroid dienone is 1. The van der Waals surface area contributed by atoms with Crippen molar-refractivity contribution in [3.8, 4) is 0 Å². The number of hydrogen-bond donors (Lipinski definition) is 3. The molecule has 1 spiro atoms. The summed E-state index contributed by atoms with van der Waals surface area (Å²) in [6.07, 6.45) is -1.35.